The summed E-state index contributed by atoms with van der Waals surface area (Å²) in [6.45, 7) is 1.81. The molecule has 3 heterocycles. The summed E-state index contributed by atoms with van der Waals surface area (Å²) in [5.74, 6) is 0.238. The Labute approximate surface area is 192 Å². The van der Waals surface area contributed by atoms with Crippen molar-refractivity contribution in [1.82, 2.24) is 24.2 Å². The summed E-state index contributed by atoms with van der Waals surface area (Å²) in [7, 11) is 1.63. The molecule has 33 heavy (non-hydrogen) atoms. The summed E-state index contributed by atoms with van der Waals surface area (Å²) in [4.78, 5) is 12.4. The molecule has 0 radical (unpaired) electrons. The fraction of sp³-hybridized carbons (Fsp3) is 0.130. The van der Waals surface area contributed by atoms with Crippen molar-refractivity contribution in [2.24, 2.45) is 0 Å². The number of hydrogen-bond donors (Lipinski definition) is 1. The lowest BCUT2D eigenvalue weighted by Gasteiger charge is -2.08. The van der Waals surface area contributed by atoms with E-state index in [0.29, 0.717) is 16.5 Å². The largest absolute Gasteiger partial charge is 0.497 e. The highest BCUT2D eigenvalue weighted by Crippen LogP contribution is 2.26. The molecule has 10 heteroatoms. The molecule has 0 aliphatic carbocycles. The van der Waals surface area contributed by atoms with E-state index in [-0.39, 0.29) is 11.7 Å². The highest BCUT2D eigenvalue weighted by atomic mass is 32.2. The molecule has 2 aromatic carbocycles. The van der Waals surface area contributed by atoms with Gasteiger partial charge in [-0.2, -0.15) is 5.10 Å². The van der Waals surface area contributed by atoms with E-state index in [1.165, 1.54) is 23.9 Å². The second-order valence-corrected chi connectivity index (χ2v) is 8.30. The molecule has 0 unspecified atom stereocenters. The monoisotopic (exact) mass is 462 g/mol. The Balaban J connectivity index is 1.36. The fourth-order valence-corrected chi connectivity index (χ4v) is 4.15. The quantitative estimate of drug-likeness (QED) is 0.380. The number of anilines is 1. The summed E-state index contributed by atoms with van der Waals surface area (Å²) in [5.41, 5.74) is 4.43. The Hall–Kier alpha value is -3.92. The van der Waals surface area contributed by atoms with E-state index >= 15 is 0 Å². The topological polar surface area (TPSA) is 85.8 Å². The zero-order chi connectivity index (χ0) is 22.9. The van der Waals surface area contributed by atoms with E-state index in [4.69, 9.17) is 4.74 Å². The van der Waals surface area contributed by atoms with Crippen LogP contribution < -0.4 is 10.1 Å². The van der Waals surface area contributed by atoms with Gasteiger partial charge in [-0.1, -0.05) is 17.8 Å². The molecule has 3 aromatic heterocycles. The number of halogens is 1. The lowest BCUT2D eigenvalue weighted by Crippen LogP contribution is -2.15. The second kappa shape index (κ2) is 8.55. The van der Waals surface area contributed by atoms with Crippen LogP contribution in [0.5, 0.6) is 5.75 Å². The van der Waals surface area contributed by atoms with E-state index < -0.39 is 5.82 Å². The van der Waals surface area contributed by atoms with Crippen LogP contribution in [0.15, 0.2) is 66.1 Å². The van der Waals surface area contributed by atoms with Gasteiger partial charge in [0.1, 0.15) is 17.1 Å². The van der Waals surface area contributed by atoms with Crippen molar-refractivity contribution in [3.63, 3.8) is 0 Å². The fourth-order valence-electron chi connectivity index (χ4n) is 3.44. The van der Waals surface area contributed by atoms with Gasteiger partial charge in [0.15, 0.2) is 10.8 Å². The number of methoxy groups -OCH3 is 1. The molecule has 8 nitrogen and oxygen atoms in total. The number of carbonyl (C=O) groups excluding carboxylic acids is 1. The number of rotatable bonds is 6. The van der Waals surface area contributed by atoms with Crippen LogP contribution in [0.2, 0.25) is 0 Å². The summed E-state index contributed by atoms with van der Waals surface area (Å²) in [5, 5.41) is 16.5. The number of carbonyl (C=O) groups is 1. The standard InChI is InChI=1S/C23H19FN6O2S/c1-14-3-6-16(24)11-18(14)25-21(31)13-33-23-27-26-22-20-12-19(28-30(20)10-9-29(22)23)15-4-7-17(32-2)8-5-15/h3-12H,13H2,1-2H3,(H,25,31). The zero-order valence-corrected chi connectivity index (χ0v) is 18.6. The van der Waals surface area contributed by atoms with Gasteiger partial charge < -0.3 is 10.1 Å². The SMILES string of the molecule is COc1ccc(-c2cc3c4nnc(SCC(=O)Nc5cc(F)ccc5C)n4ccn3n2)cc1. The molecule has 166 valence electrons. The van der Waals surface area contributed by atoms with Crippen LogP contribution >= 0.6 is 11.8 Å². The van der Waals surface area contributed by atoms with Crippen molar-refractivity contribution in [1.29, 1.82) is 0 Å². The van der Waals surface area contributed by atoms with Gasteiger partial charge in [0.2, 0.25) is 5.91 Å². The molecule has 0 fully saturated rings. The average molecular weight is 463 g/mol. The first-order valence-corrected chi connectivity index (χ1v) is 11.1. The summed E-state index contributed by atoms with van der Waals surface area (Å²) >= 11 is 1.25. The summed E-state index contributed by atoms with van der Waals surface area (Å²) < 4.78 is 22.2. The molecule has 1 amide bonds. The average Bonchev–Trinajstić information content (AvgIpc) is 3.44. The second-order valence-electron chi connectivity index (χ2n) is 7.36. The Morgan fingerprint density at radius 1 is 1.12 bits per heavy atom. The van der Waals surface area contributed by atoms with E-state index in [1.807, 2.05) is 54.0 Å². The third-order valence-electron chi connectivity index (χ3n) is 5.18. The normalized spacial score (nSPS) is 11.2. The number of ether oxygens (including phenoxy) is 1. The van der Waals surface area contributed by atoms with Crippen molar-refractivity contribution in [2.75, 3.05) is 18.2 Å². The van der Waals surface area contributed by atoms with Gasteiger partial charge in [-0.3, -0.25) is 9.20 Å². The number of amides is 1. The lowest BCUT2D eigenvalue weighted by molar-refractivity contribution is -0.113. The maximum Gasteiger partial charge on any atom is 0.234 e. The summed E-state index contributed by atoms with van der Waals surface area (Å²) in [6.07, 6.45) is 3.63. The van der Waals surface area contributed by atoms with Gasteiger partial charge in [0.25, 0.3) is 0 Å². The van der Waals surface area contributed by atoms with Gasteiger partial charge in [0.05, 0.1) is 18.6 Å². The minimum atomic E-state index is -0.397. The van der Waals surface area contributed by atoms with Crippen LogP contribution in [-0.4, -0.2) is 43.0 Å². The minimum absolute atomic E-state index is 0.109. The van der Waals surface area contributed by atoms with Crippen molar-refractivity contribution < 1.29 is 13.9 Å². The molecule has 5 aromatic rings. The molecule has 0 saturated carbocycles. The molecular weight excluding hydrogens is 443 g/mol. The number of aromatic nitrogens is 5. The molecule has 1 N–H and O–H groups in total. The van der Waals surface area contributed by atoms with Crippen molar-refractivity contribution >= 4 is 34.5 Å². The predicted octanol–water partition coefficient (Wildman–Crippen LogP) is 4.23. The smallest absolute Gasteiger partial charge is 0.234 e. The Kier molecular flexibility index (Phi) is 5.43. The number of hydrogen-bond acceptors (Lipinski definition) is 6. The van der Waals surface area contributed by atoms with Gasteiger partial charge in [-0.25, -0.2) is 8.91 Å². The van der Waals surface area contributed by atoms with Gasteiger partial charge in [-0.05, 0) is 55.0 Å². The Morgan fingerprint density at radius 2 is 1.94 bits per heavy atom. The summed E-state index contributed by atoms with van der Waals surface area (Å²) in [6, 6.07) is 13.9. The maximum absolute atomic E-state index is 13.5. The third kappa shape index (κ3) is 4.12. The Bertz CT molecular complexity index is 1480. The first-order chi connectivity index (χ1) is 16.0. The first kappa shape index (κ1) is 21.0. The van der Waals surface area contributed by atoms with Crippen LogP contribution in [0.3, 0.4) is 0 Å². The highest BCUT2D eigenvalue weighted by Gasteiger charge is 2.15. The molecule has 0 atom stereocenters. The molecule has 5 rings (SSSR count). The molecule has 0 saturated heterocycles. The Morgan fingerprint density at radius 3 is 2.73 bits per heavy atom. The molecule has 0 bridgehead atoms. The molecular formula is C23H19FN6O2S. The van der Waals surface area contributed by atoms with E-state index in [1.54, 1.807) is 17.7 Å². The van der Waals surface area contributed by atoms with Crippen LogP contribution in [0.4, 0.5) is 10.1 Å². The minimum Gasteiger partial charge on any atom is -0.497 e. The van der Waals surface area contributed by atoms with Crippen molar-refractivity contribution in [3.05, 3.63) is 72.3 Å². The van der Waals surface area contributed by atoms with Crippen LogP contribution in [0.1, 0.15) is 5.56 Å². The molecule has 0 aliphatic heterocycles. The van der Waals surface area contributed by atoms with Gasteiger partial charge >= 0.3 is 0 Å². The van der Waals surface area contributed by atoms with E-state index in [0.717, 1.165) is 28.1 Å². The van der Waals surface area contributed by atoms with E-state index in [9.17, 15) is 9.18 Å². The van der Waals surface area contributed by atoms with Crippen LogP contribution in [0.25, 0.3) is 22.4 Å². The zero-order valence-electron chi connectivity index (χ0n) is 17.8. The van der Waals surface area contributed by atoms with Crippen LogP contribution in [0, 0.1) is 12.7 Å². The number of nitrogens with zero attached hydrogens (tertiary/aromatic N) is 5. The number of nitrogens with one attached hydrogen (secondary N) is 1. The van der Waals surface area contributed by atoms with Crippen molar-refractivity contribution in [3.8, 4) is 17.0 Å². The van der Waals surface area contributed by atoms with Gasteiger partial charge in [-0.15, -0.1) is 10.2 Å². The van der Waals surface area contributed by atoms with Crippen LogP contribution in [-0.2, 0) is 4.79 Å². The molecule has 0 aliphatic rings. The number of benzene rings is 2. The number of aryl methyl sites for hydroxylation is 1. The number of fused-ring (bicyclic) bond motifs is 3. The highest BCUT2D eigenvalue weighted by molar-refractivity contribution is 7.99. The van der Waals surface area contributed by atoms with E-state index in [2.05, 4.69) is 20.6 Å². The number of thioether (sulfide) groups is 1. The predicted molar refractivity (Wildman–Crippen MR) is 124 cm³/mol. The maximum atomic E-state index is 13.5. The van der Waals surface area contributed by atoms with Gasteiger partial charge in [0, 0.05) is 23.6 Å². The molecule has 0 spiro atoms. The van der Waals surface area contributed by atoms with Crippen molar-refractivity contribution in [2.45, 2.75) is 12.1 Å². The third-order valence-corrected chi connectivity index (χ3v) is 6.12. The first-order valence-electron chi connectivity index (χ1n) is 10.1. The lowest BCUT2D eigenvalue weighted by atomic mass is 10.1.